The van der Waals surface area contributed by atoms with Gasteiger partial charge >= 0.3 is 0 Å². The molecule has 0 spiro atoms. The normalized spacial score (nSPS) is 18.1. The summed E-state index contributed by atoms with van der Waals surface area (Å²) >= 11 is 2.03. The van der Waals surface area contributed by atoms with Crippen LogP contribution in [0.5, 0.6) is 0 Å². The summed E-state index contributed by atoms with van der Waals surface area (Å²) in [5, 5.41) is 11.3. The van der Waals surface area contributed by atoms with Gasteiger partial charge in [0.1, 0.15) is 0 Å². The molecule has 1 atom stereocenters. The van der Waals surface area contributed by atoms with Gasteiger partial charge in [0.05, 0.1) is 6.54 Å². The summed E-state index contributed by atoms with van der Waals surface area (Å²) in [5.41, 5.74) is 0. The molecule has 6 nitrogen and oxygen atoms in total. The average molecular weight is 453 g/mol. The Labute approximate surface area is 160 Å². The lowest BCUT2D eigenvalue weighted by Gasteiger charge is -2.11. The van der Waals surface area contributed by atoms with Gasteiger partial charge in [-0.3, -0.25) is 4.99 Å². The van der Waals surface area contributed by atoms with E-state index < -0.39 is 0 Å². The van der Waals surface area contributed by atoms with E-state index in [1.54, 1.807) is 0 Å². The fourth-order valence-corrected chi connectivity index (χ4v) is 3.40. The van der Waals surface area contributed by atoms with Crippen molar-refractivity contribution in [2.24, 2.45) is 4.99 Å². The van der Waals surface area contributed by atoms with Gasteiger partial charge in [-0.2, -0.15) is 16.7 Å². The number of guanidine groups is 1. The smallest absolute Gasteiger partial charge is 0.228 e. The number of aliphatic imine (C=N–C) groups is 1. The lowest BCUT2D eigenvalue weighted by atomic mass is 10.2. The highest BCUT2D eigenvalue weighted by molar-refractivity contribution is 14.0. The van der Waals surface area contributed by atoms with Gasteiger partial charge in [0.25, 0.3) is 0 Å². The van der Waals surface area contributed by atoms with Gasteiger partial charge in [0.2, 0.25) is 5.89 Å². The van der Waals surface area contributed by atoms with Crippen molar-refractivity contribution in [3.8, 4) is 0 Å². The first kappa shape index (κ1) is 20.5. The maximum atomic E-state index is 5.24. The van der Waals surface area contributed by atoms with Gasteiger partial charge in [0, 0.05) is 30.7 Å². The van der Waals surface area contributed by atoms with Gasteiger partial charge < -0.3 is 15.2 Å². The van der Waals surface area contributed by atoms with Gasteiger partial charge in [-0.05, 0) is 25.5 Å². The number of nitrogens with one attached hydrogen (secondary N) is 2. The van der Waals surface area contributed by atoms with Crippen LogP contribution in [-0.2, 0) is 6.42 Å². The summed E-state index contributed by atoms with van der Waals surface area (Å²) < 4.78 is 5.24. The first-order valence-electron chi connectivity index (χ1n) is 8.15. The molecule has 132 valence electrons. The van der Waals surface area contributed by atoms with Crippen molar-refractivity contribution < 1.29 is 4.52 Å². The largest absolute Gasteiger partial charge is 0.357 e. The van der Waals surface area contributed by atoms with E-state index in [0.717, 1.165) is 31.4 Å². The van der Waals surface area contributed by atoms with E-state index in [-0.39, 0.29) is 24.0 Å². The number of rotatable bonds is 7. The molecule has 8 heteroatoms. The molecule has 1 fully saturated rings. The molecule has 0 saturated carbocycles. The van der Waals surface area contributed by atoms with Gasteiger partial charge in [0.15, 0.2) is 11.8 Å². The third-order valence-electron chi connectivity index (χ3n) is 3.45. The summed E-state index contributed by atoms with van der Waals surface area (Å²) in [7, 11) is 0. The SMILES string of the molecule is CCNC(=NCC1CCCS1)NCCc1nc(C(C)C)no1.I. The van der Waals surface area contributed by atoms with Crippen LogP contribution in [-0.4, -0.2) is 46.7 Å². The van der Waals surface area contributed by atoms with Gasteiger partial charge in [-0.25, -0.2) is 0 Å². The van der Waals surface area contributed by atoms with E-state index >= 15 is 0 Å². The molecular weight excluding hydrogens is 425 g/mol. The second-order valence-corrected chi connectivity index (χ2v) is 7.14. The molecule has 2 N–H and O–H groups in total. The maximum absolute atomic E-state index is 5.24. The Morgan fingerprint density at radius 3 is 2.87 bits per heavy atom. The summed E-state index contributed by atoms with van der Waals surface area (Å²) in [5.74, 6) is 3.90. The van der Waals surface area contributed by atoms with Crippen LogP contribution >= 0.6 is 35.7 Å². The fraction of sp³-hybridized carbons (Fsp3) is 0.800. The highest BCUT2D eigenvalue weighted by atomic mass is 127. The van der Waals surface area contributed by atoms with Crippen molar-refractivity contribution in [1.82, 2.24) is 20.8 Å². The van der Waals surface area contributed by atoms with Crippen molar-refractivity contribution in [2.75, 3.05) is 25.4 Å². The Morgan fingerprint density at radius 1 is 1.43 bits per heavy atom. The number of nitrogens with zero attached hydrogens (tertiary/aromatic N) is 3. The molecule has 0 aromatic carbocycles. The average Bonchev–Trinajstić information content (AvgIpc) is 3.16. The predicted molar refractivity (Wildman–Crippen MR) is 107 cm³/mol. The maximum Gasteiger partial charge on any atom is 0.228 e. The summed E-state index contributed by atoms with van der Waals surface area (Å²) in [6.45, 7) is 8.69. The Morgan fingerprint density at radius 2 is 2.26 bits per heavy atom. The van der Waals surface area contributed by atoms with Crippen LogP contribution in [0.15, 0.2) is 9.52 Å². The van der Waals surface area contributed by atoms with Crippen molar-refractivity contribution in [1.29, 1.82) is 0 Å². The summed E-state index contributed by atoms with van der Waals surface area (Å²) in [6, 6.07) is 0. The van der Waals surface area contributed by atoms with Crippen LogP contribution in [0, 0.1) is 0 Å². The molecule has 1 aromatic heterocycles. The monoisotopic (exact) mass is 453 g/mol. The minimum absolute atomic E-state index is 0. The molecule has 1 aromatic rings. The Hall–Kier alpha value is -0.510. The molecule has 23 heavy (non-hydrogen) atoms. The van der Waals surface area contributed by atoms with E-state index in [4.69, 9.17) is 4.52 Å². The topological polar surface area (TPSA) is 75.3 Å². The van der Waals surface area contributed by atoms with Crippen molar-refractivity contribution in [3.05, 3.63) is 11.7 Å². The zero-order chi connectivity index (χ0) is 15.8. The number of halogens is 1. The van der Waals surface area contributed by atoms with E-state index in [1.165, 1.54) is 18.6 Å². The second-order valence-electron chi connectivity index (χ2n) is 5.73. The number of hydrogen-bond donors (Lipinski definition) is 2. The lowest BCUT2D eigenvalue weighted by Crippen LogP contribution is -2.38. The van der Waals surface area contributed by atoms with E-state index in [2.05, 4.69) is 46.5 Å². The predicted octanol–water partition coefficient (Wildman–Crippen LogP) is 2.80. The first-order valence-corrected chi connectivity index (χ1v) is 9.20. The van der Waals surface area contributed by atoms with Gasteiger partial charge in [-0.15, -0.1) is 24.0 Å². The Bertz CT molecular complexity index is 474. The molecule has 1 aliphatic rings. The molecule has 0 bridgehead atoms. The molecule has 1 aliphatic heterocycles. The summed E-state index contributed by atoms with van der Waals surface area (Å²) in [4.78, 5) is 9.05. The van der Waals surface area contributed by atoms with E-state index in [9.17, 15) is 0 Å². The number of hydrogen-bond acceptors (Lipinski definition) is 5. The minimum Gasteiger partial charge on any atom is -0.357 e. The number of thioether (sulfide) groups is 1. The van der Waals surface area contributed by atoms with Crippen LogP contribution in [0.3, 0.4) is 0 Å². The molecule has 1 saturated heterocycles. The molecule has 0 radical (unpaired) electrons. The molecule has 2 rings (SSSR count). The molecule has 2 heterocycles. The molecule has 1 unspecified atom stereocenters. The third-order valence-corrected chi connectivity index (χ3v) is 4.83. The first-order chi connectivity index (χ1) is 10.7. The third kappa shape index (κ3) is 7.28. The quantitative estimate of drug-likeness (QED) is 0.376. The van der Waals surface area contributed by atoms with Crippen LogP contribution in [0.25, 0.3) is 0 Å². The Kier molecular flexibility index (Phi) is 9.92. The van der Waals surface area contributed by atoms with Crippen LogP contribution in [0.1, 0.15) is 51.2 Å². The highest BCUT2D eigenvalue weighted by Gasteiger charge is 2.15. The van der Waals surface area contributed by atoms with Crippen molar-refractivity contribution >= 4 is 41.7 Å². The van der Waals surface area contributed by atoms with Crippen molar-refractivity contribution in [2.45, 2.75) is 51.2 Å². The highest BCUT2D eigenvalue weighted by Crippen LogP contribution is 2.25. The fourth-order valence-electron chi connectivity index (χ4n) is 2.22. The second kappa shape index (κ2) is 11.1. The number of aromatic nitrogens is 2. The van der Waals surface area contributed by atoms with E-state index in [1.807, 2.05) is 11.8 Å². The van der Waals surface area contributed by atoms with Crippen LogP contribution in [0.4, 0.5) is 0 Å². The zero-order valence-electron chi connectivity index (χ0n) is 14.2. The standard InChI is InChI=1S/C15H27N5OS.HI/c1-4-16-15(18-10-12-6-5-9-22-12)17-8-7-13-19-14(11(2)3)20-21-13;/h11-12H,4-10H2,1-3H3,(H2,16,17,18);1H. The van der Waals surface area contributed by atoms with Crippen LogP contribution in [0.2, 0.25) is 0 Å². The van der Waals surface area contributed by atoms with E-state index in [0.29, 0.717) is 23.5 Å². The molecule has 0 aliphatic carbocycles. The van der Waals surface area contributed by atoms with Gasteiger partial charge in [-0.1, -0.05) is 19.0 Å². The molecular formula is C15H28IN5OS. The molecule has 0 amide bonds. The summed E-state index contributed by atoms with van der Waals surface area (Å²) in [6.07, 6.45) is 3.32. The van der Waals surface area contributed by atoms with Crippen LogP contribution < -0.4 is 10.6 Å². The lowest BCUT2D eigenvalue weighted by molar-refractivity contribution is 0.371. The Balaban J connectivity index is 0.00000264. The van der Waals surface area contributed by atoms with Crippen molar-refractivity contribution in [3.63, 3.8) is 0 Å². The zero-order valence-corrected chi connectivity index (χ0v) is 17.3. The minimum atomic E-state index is 0.